The maximum atomic E-state index is 11.9. The first-order chi connectivity index (χ1) is 31.7. The molecule has 28 heteroatoms. The molecule has 5 atom stereocenters. The molecule has 0 aromatic rings. The van der Waals surface area contributed by atoms with Crippen molar-refractivity contribution in [1.82, 2.24) is 31.9 Å². The fourth-order valence-electron chi connectivity index (χ4n) is 4.55. The molecule has 0 heterocycles. The molecule has 0 fully saturated rings. The molecule has 0 aliphatic heterocycles. The van der Waals surface area contributed by atoms with Crippen molar-refractivity contribution in [1.29, 1.82) is 0 Å². The second-order valence-electron chi connectivity index (χ2n) is 13.7. The summed E-state index contributed by atoms with van der Waals surface area (Å²) >= 11 is 0. The summed E-state index contributed by atoms with van der Waals surface area (Å²) in [7, 11) is 0. The molecule has 5 unspecified atom stereocenters. The van der Waals surface area contributed by atoms with Gasteiger partial charge in [-0.15, -0.1) is 0 Å². The van der Waals surface area contributed by atoms with E-state index in [-0.39, 0.29) is 71.9 Å². The Labute approximate surface area is 382 Å². The molecule has 0 saturated heterocycles. The highest BCUT2D eigenvalue weighted by molar-refractivity contribution is 5.91. The van der Waals surface area contributed by atoms with Gasteiger partial charge in [0.25, 0.3) is 0 Å². The lowest BCUT2D eigenvalue weighted by molar-refractivity contribution is -0.137. The fourth-order valence-corrected chi connectivity index (χ4v) is 4.55. The molecule has 28 nitrogen and oxygen atoms in total. The molecule has 0 spiro atoms. The van der Waals surface area contributed by atoms with Crippen molar-refractivity contribution in [3.05, 3.63) is 0 Å². The zero-order valence-electron chi connectivity index (χ0n) is 37.2. The van der Waals surface area contributed by atoms with Crippen LogP contribution < -0.4 is 37.6 Å². The van der Waals surface area contributed by atoms with Crippen LogP contribution in [-0.4, -0.2) is 254 Å². The zero-order chi connectivity index (χ0) is 49.2. The van der Waals surface area contributed by atoms with E-state index in [4.69, 9.17) is 53.8 Å². The van der Waals surface area contributed by atoms with Crippen LogP contribution in [0.2, 0.25) is 0 Å². The standard InChI is InChI=1S/C38H71N7O21/c39-27(1-2-35(54)55)38(58)45-25-34(53)44-24-33(52)43-23-32(51)42-22-31(50)40-4-6-60-8-10-62-12-14-64-16-18-66-20-19-65-17-15-63-13-11-61-9-7-59-5-3-30(49)41-21-28(47)36(56)37(57)29(48)26-46/h27-29,36-37,46-48,56-57H,1-26,39H2,(H,40,50)(H,41,49)(H,42,51)(H,43,52)(H,44,53)(H,45,58)(H,54,55). The lowest BCUT2D eigenvalue weighted by Gasteiger charge is -2.25. The fraction of sp³-hybridized carbons (Fsp3) is 0.816. The number of aliphatic hydroxyl groups is 5. The second-order valence-corrected chi connectivity index (χ2v) is 13.7. The van der Waals surface area contributed by atoms with Gasteiger partial charge in [-0.25, -0.2) is 0 Å². The Bertz CT molecular complexity index is 1340. The minimum absolute atomic E-state index is 0.00913. The number of carboxylic acids is 1. The van der Waals surface area contributed by atoms with Crippen molar-refractivity contribution in [2.24, 2.45) is 5.73 Å². The van der Waals surface area contributed by atoms with E-state index >= 15 is 0 Å². The third kappa shape index (κ3) is 37.9. The molecule has 0 rings (SSSR count). The summed E-state index contributed by atoms with van der Waals surface area (Å²) < 4.78 is 43.2. The largest absolute Gasteiger partial charge is 0.481 e. The quantitative estimate of drug-likeness (QED) is 0.0252. The number of carbonyl (C=O) groups excluding carboxylic acids is 6. The summed E-state index contributed by atoms with van der Waals surface area (Å²) in [6, 6.07) is -1.11. The van der Waals surface area contributed by atoms with E-state index in [0.29, 0.717) is 72.7 Å². The molecule has 0 bridgehead atoms. The number of amides is 6. The van der Waals surface area contributed by atoms with Crippen molar-refractivity contribution >= 4 is 41.4 Å². The Morgan fingerprint density at radius 3 is 1.17 bits per heavy atom. The highest BCUT2D eigenvalue weighted by Crippen LogP contribution is 2.04. The third-order valence-electron chi connectivity index (χ3n) is 8.25. The molecule has 0 aromatic heterocycles. The van der Waals surface area contributed by atoms with Crippen LogP contribution in [0.1, 0.15) is 19.3 Å². The summed E-state index contributed by atoms with van der Waals surface area (Å²) in [4.78, 5) is 81.5. The van der Waals surface area contributed by atoms with Crippen LogP contribution in [0.15, 0.2) is 0 Å². The summed E-state index contributed by atoms with van der Waals surface area (Å²) in [6.07, 6.45) is -7.12. The lowest BCUT2D eigenvalue weighted by atomic mass is 10.0. The van der Waals surface area contributed by atoms with Crippen molar-refractivity contribution in [3.63, 3.8) is 0 Å². The average Bonchev–Trinajstić information content (AvgIpc) is 3.30. The van der Waals surface area contributed by atoms with E-state index < -0.39 is 98.1 Å². The van der Waals surface area contributed by atoms with E-state index in [2.05, 4.69) is 31.9 Å². The Morgan fingerprint density at radius 1 is 0.424 bits per heavy atom. The first-order valence-corrected chi connectivity index (χ1v) is 21.2. The number of aliphatic hydroxyl groups excluding tert-OH is 5. The Morgan fingerprint density at radius 2 is 0.773 bits per heavy atom. The lowest BCUT2D eigenvalue weighted by Crippen LogP contribution is -2.49. The van der Waals surface area contributed by atoms with Gasteiger partial charge in [-0.3, -0.25) is 33.6 Å². The van der Waals surface area contributed by atoms with E-state index in [1.165, 1.54) is 0 Å². The summed E-state index contributed by atoms with van der Waals surface area (Å²) in [5, 5.41) is 69.8. The smallest absolute Gasteiger partial charge is 0.303 e. The molecule has 14 N–H and O–H groups in total. The molecule has 0 aliphatic carbocycles. The predicted octanol–water partition coefficient (Wildman–Crippen LogP) is -8.17. The van der Waals surface area contributed by atoms with Crippen LogP contribution in [0, 0.1) is 0 Å². The van der Waals surface area contributed by atoms with Crippen molar-refractivity contribution in [2.45, 2.75) is 49.7 Å². The van der Waals surface area contributed by atoms with Gasteiger partial charge in [0, 0.05) is 25.9 Å². The molecule has 6 amide bonds. The predicted molar refractivity (Wildman–Crippen MR) is 225 cm³/mol. The maximum absolute atomic E-state index is 11.9. The van der Waals surface area contributed by atoms with Gasteiger partial charge in [-0.2, -0.15) is 0 Å². The van der Waals surface area contributed by atoms with Gasteiger partial charge in [0.05, 0.1) is 151 Å². The van der Waals surface area contributed by atoms with Gasteiger partial charge in [0.2, 0.25) is 35.4 Å². The zero-order valence-corrected chi connectivity index (χ0v) is 37.2. The summed E-state index contributed by atoms with van der Waals surface area (Å²) in [6.45, 7) is 2.40. The molecule has 384 valence electrons. The maximum Gasteiger partial charge on any atom is 0.303 e. The highest BCUT2D eigenvalue weighted by Gasteiger charge is 2.30. The molecule has 66 heavy (non-hydrogen) atoms. The highest BCUT2D eigenvalue weighted by atomic mass is 16.6. The molecular weight excluding hydrogens is 890 g/mol. The SMILES string of the molecule is NC(CCC(=O)O)C(=O)NCC(=O)NCC(=O)NCC(=O)NCC(=O)NCCOCCOCCOCCOCCOCCOCCOCCOCCC(=O)NCC(O)C(O)C(O)C(O)CO. The Hall–Kier alpha value is -4.27. The molecule has 0 aromatic carbocycles. The summed E-state index contributed by atoms with van der Waals surface area (Å²) in [5.74, 6) is -4.82. The van der Waals surface area contributed by atoms with Crippen molar-refractivity contribution in [2.75, 3.05) is 152 Å². The number of hydrogen-bond donors (Lipinski definition) is 13. The number of ether oxygens (including phenoxy) is 8. The molecule has 0 saturated carbocycles. The van der Waals surface area contributed by atoms with Crippen LogP contribution in [0.4, 0.5) is 0 Å². The number of nitrogens with two attached hydrogens (primary N) is 1. The second kappa shape index (κ2) is 42.1. The number of hydrogen-bond acceptors (Lipinski definition) is 21. The molecule has 0 radical (unpaired) electrons. The Balaban J connectivity index is 3.47. The summed E-state index contributed by atoms with van der Waals surface area (Å²) in [5.41, 5.74) is 5.53. The molecular formula is C38H71N7O21. The first-order valence-electron chi connectivity index (χ1n) is 21.2. The van der Waals surface area contributed by atoms with Crippen LogP contribution in [-0.2, 0) is 71.5 Å². The van der Waals surface area contributed by atoms with Crippen LogP contribution in [0.25, 0.3) is 0 Å². The number of rotatable bonds is 45. The van der Waals surface area contributed by atoms with Gasteiger partial charge in [0.1, 0.15) is 18.3 Å². The Kier molecular flexibility index (Phi) is 39.4. The monoisotopic (exact) mass is 961 g/mol. The average molecular weight is 962 g/mol. The van der Waals surface area contributed by atoms with Gasteiger partial charge in [0.15, 0.2) is 0 Å². The number of aliphatic carboxylic acids is 1. The molecule has 0 aliphatic rings. The number of nitrogens with one attached hydrogen (secondary N) is 6. The van der Waals surface area contributed by atoms with Gasteiger partial charge >= 0.3 is 5.97 Å². The van der Waals surface area contributed by atoms with Crippen LogP contribution >= 0.6 is 0 Å². The van der Waals surface area contributed by atoms with Crippen molar-refractivity contribution in [3.8, 4) is 0 Å². The minimum atomic E-state index is -1.77. The van der Waals surface area contributed by atoms with Gasteiger partial charge < -0.3 is 106 Å². The van der Waals surface area contributed by atoms with Crippen LogP contribution in [0.5, 0.6) is 0 Å². The minimum Gasteiger partial charge on any atom is -0.481 e. The van der Waals surface area contributed by atoms with Gasteiger partial charge in [-0.05, 0) is 6.42 Å². The van der Waals surface area contributed by atoms with E-state index in [0.717, 1.165) is 0 Å². The first kappa shape index (κ1) is 61.7. The normalized spacial score (nSPS) is 13.4. The third-order valence-corrected chi connectivity index (χ3v) is 8.25. The van der Waals surface area contributed by atoms with E-state index in [9.17, 15) is 54.0 Å². The van der Waals surface area contributed by atoms with Gasteiger partial charge in [-0.1, -0.05) is 0 Å². The van der Waals surface area contributed by atoms with E-state index in [1.54, 1.807) is 0 Å². The number of carbonyl (C=O) groups is 7. The van der Waals surface area contributed by atoms with Crippen molar-refractivity contribution < 1.29 is 102 Å². The topological polar surface area (TPSA) is 413 Å². The van der Waals surface area contributed by atoms with E-state index in [1.807, 2.05) is 0 Å². The van der Waals surface area contributed by atoms with Crippen LogP contribution in [0.3, 0.4) is 0 Å². The number of carboxylic acid groups (broad SMARTS) is 1.